The van der Waals surface area contributed by atoms with E-state index in [4.69, 9.17) is 11.6 Å². The van der Waals surface area contributed by atoms with Crippen LogP contribution in [0, 0.1) is 0 Å². The molecule has 1 atom stereocenters. The molecule has 0 amide bonds. The Kier molecular flexibility index (Phi) is 3.96. The van der Waals surface area contributed by atoms with Gasteiger partial charge in [-0.3, -0.25) is 9.36 Å². The Hall–Kier alpha value is -2.17. The molecule has 1 aromatic heterocycles. The Bertz CT molecular complexity index is 888. The largest absolute Gasteiger partial charge is 0.311 e. The topological polar surface area (TPSA) is 46.9 Å². The molecule has 1 heterocycles. The summed E-state index contributed by atoms with van der Waals surface area (Å²) in [4.78, 5) is 17.6. The Labute approximate surface area is 133 Å². The number of benzene rings is 2. The van der Waals surface area contributed by atoms with Gasteiger partial charge >= 0.3 is 0 Å². The van der Waals surface area contributed by atoms with Gasteiger partial charge in [0.15, 0.2) is 0 Å². The Morgan fingerprint density at radius 3 is 2.55 bits per heavy atom. The Balaban J connectivity index is 2.43. The number of nitrogens with zero attached hydrogens (tertiary/aromatic N) is 2. The molecule has 0 aliphatic carbocycles. The highest BCUT2D eigenvalue weighted by atomic mass is 35.5. The van der Waals surface area contributed by atoms with E-state index in [9.17, 15) is 4.79 Å². The molecule has 0 bridgehead atoms. The van der Waals surface area contributed by atoms with Gasteiger partial charge in [-0.1, -0.05) is 35.9 Å². The lowest BCUT2D eigenvalue weighted by Gasteiger charge is -2.18. The minimum Gasteiger partial charge on any atom is -0.311 e. The third kappa shape index (κ3) is 2.40. The number of halogens is 1. The zero-order valence-corrected chi connectivity index (χ0v) is 13.1. The summed E-state index contributed by atoms with van der Waals surface area (Å²) in [7, 11) is 1.84. The van der Waals surface area contributed by atoms with Crippen molar-refractivity contribution in [2.45, 2.75) is 13.0 Å². The molecule has 5 heteroatoms. The quantitative estimate of drug-likeness (QED) is 0.807. The van der Waals surface area contributed by atoms with Gasteiger partial charge in [0.05, 0.1) is 27.7 Å². The first-order valence-electron chi connectivity index (χ1n) is 7.07. The molecule has 0 saturated heterocycles. The lowest BCUT2D eigenvalue weighted by molar-refractivity contribution is 0.589. The van der Waals surface area contributed by atoms with E-state index in [2.05, 4.69) is 10.3 Å². The van der Waals surface area contributed by atoms with E-state index in [0.717, 1.165) is 0 Å². The number of fused-ring (bicyclic) bond motifs is 1. The smallest absolute Gasteiger partial charge is 0.266 e. The fourth-order valence-electron chi connectivity index (χ4n) is 2.44. The molecule has 0 aliphatic heterocycles. The van der Waals surface area contributed by atoms with Crippen LogP contribution in [-0.4, -0.2) is 16.6 Å². The molecular weight excluding hydrogens is 298 g/mol. The monoisotopic (exact) mass is 313 g/mol. The van der Waals surface area contributed by atoms with E-state index in [1.165, 1.54) is 0 Å². The standard InChI is InChI=1S/C17H16ClN3O/c1-11(19-2)16-20-14-9-5-3-7-12(14)17(22)21(16)15-10-6-4-8-13(15)18/h3-11,19H,1-2H3/t11-/m1/s1. The lowest BCUT2D eigenvalue weighted by Crippen LogP contribution is -2.29. The van der Waals surface area contributed by atoms with Crippen molar-refractivity contribution in [3.63, 3.8) is 0 Å². The molecule has 0 fully saturated rings. The van der Waals surface area contributed by atoms with Gasteiger partial charge in [0.1, 0.15) is 5.82 Å². The van der Waals surface area contributed by atoms with Crippen LogP contribution in [0.25, 0.3) is 16.6 Å². The summed E-state index contributed by atoms with van der Waals surface area (Å²) in [6, 6.07) is 14.5. The Morgan fingerprint density at radius 1 is 1.14 bits per heavy atom. The third-order valence-electron chi connectivity index (χ3n) is 3.72. The van der Waals surface area contributed by atoms with Crippen LogP contribution in [0.4, 0.5) is 0 Å². The number of hydrogen-bond acceptors (Lipinski definition) is 3. The summed E-state index contributed by atoms with van der Waals surface area (Å²) in [6.45, 7) is 1.96. The average Bonchev–Trinajstić information content (AvgIpc) is 2.55. The molecule has 0 unspecified atom stereocenters. The highest BCUT2D eigenvalue weighted by molar-refractivity contribution is 6.32. The molecule has 0 aliphatic rings. The van der Waals surface area contributed by atoms with Gasteiger partial charge in [0.2, 0.25) is 0 Å². The van der Waals surface area contributed by atoms with Gasteiger partial charge in [-0.15, -0.1) is 0 Å². The fraction of sp³-hybridized carbons (Fsp3) is 0.176. The molecule has 112 valence electrons. The van der Waals surface area contributed by atoms with Crippen LogP contribution in [0.15, 0.2) is 53.3 Å². The van der Waals surface area contributed by atoms with Crippen LogP contribution >= 0.6 is 11.6 Å². The molecule has 0 saturated carbocycles. The molecule has 3 aromatic rings. The van der Waals surface area contributed by atoms with Crippen molar-refractivity contribution in [3.05, 3.63) is 69.7 Å². The number of aromatic nitrogens is 2. The second-order valence-electron chi connectivity index (χ2n) is 5.09. The molecule has 4 nitrogen and oxygen atoms in total. The zero-order chi connectivity index (χ0) is 15.7. The summed E-state index contributed by atoms with van der Waals surface area (Å²) in [6.07, 6.45) is 0. The van der Waals surface area contributed by atoms with Crippen molar-refractivity contribution in [3.8, 4) is 5.69 Å². The number of para-hydroxylation sites is 2. The van der Waals surface area contributed by atoms with Gasteiger partial charge in [-0.05, 0) is 38.2 Å². The van der Waals surface area contributed by atoms with E-state index < -0.39 is 0 Å². The van der Waals surface area contributed by atoms with Crippen molar-refractivity contribution in [1.29, 1.82) is 0 Å². The van der Waals surface area contributed by atoms with Gasteiger partial charge < -0.3 is 5.32 Å². The minimum absolute atomic E-state index is 0.0893. The van der Waals surface area contributed by atoms with Gasteiger partial charge in [0, 0.05) is 0 Å². The Morgan fingerprint density at radius 2 is 1.82 bits per heavy atom. The summed E-state index contributed by atoms with van der Waals surface area (Å²) < 4.78 is 1.59. The minimum atomic E-state index is -0.115. The number of rotatable bonds is 3. The van der Waals surface area contributed by atoms with Crippen LogP contribution < -0.4 is 10.9 Å². The molecule has 2 aromatic carbocycles. The van der Waals surface area contributed by atoms with Gasteiger partial charge in [-0.2, -0.15) is 0 Å². The maximum atomic E-state index is 13.0. The first-order chi connectivity index (χ1) is 10.6. The molecule has 3 rings (SSSR count). The normalized spacial score (nSPS) is 12.5. The van der Waals surface area contributed by atoms with Crippen molar-refractivity contribution < 1.29 is 0 Å². The predicted molar refractivity (Wildman–Crippen MR) is 89.8 cm³/mol. The van der Waals surface area contributed by atoms with Crippen molar-refractivity contribution in [2.75, 3.05) is 7.05 Å². The molecule has 0 spiro atoms. The molecule has 0 radical (unpaired) electrons. The van der Waals surface area contributed by atoms with E-state index in [1.807, 2.05) is 50.4 Å². The fourth-order valence-corrected chi connectivity index (χ4v) is 2.66. The van der Waals surface area contributed by atoms with Crippen molar-refractivity contribution in [1.82, 2.24) is 14.9 Å². The number of nitrogens with one attached hydrogen (secondary N) is 1. The van der Waals surface area contributed by atoms with E-state index in [1.54, 1.807) is 16.7 Å². The van der Waals surface area contributed by atoms with Crippen molar-refractivity contribution >= 4 is 22.5 Å². The lowest BCUT2D eigenvalue weighted by atomic mass is 10.2. The predicted octanol–water partition coefficient (Wildman–Crippen LogP) is 3.32. The van der Waals surface area contributed by atoms with E-state index in [0.29, 0.717) is 27.4 Å². The summed E-state index contributed by atoms with van der Waals surface area (Å²) in [5.74, 6) is 0.638. The summed E-state index contributed by atoms with van der Waals surface area (Å²) in [5, 5.41) is 4.24. The van der Waals surface area contributed by atoms with E-state index >= 15 is 0 Å². The average molecular weight is 314 g/mol. The summed E-state index contributed by atoms with van der Waals surface area (Å²) >= 11 is 6.29. The maximum absolute atomic E-state index is 13.0. The van der Waals surface area contributed by atoms with Gasteiger partial charge in [0.25, 0.3) is 5.56 Å². The van der Waals surface area contributed by atoms with Crippen LogP contribution in [0.1, 0.15) is 18.8 Å². The number of hydrogen-bond donors (Lipinski definition) is 1. The van der Waals surface area contributed by atoms with E-state index in [-0.39, 0.29) is 11.6 Å². The first kappa shape index (κ1) is 14.8. The summed E-state index contributed by atoms with van der Waals surface area (Å²) in [5.41, 5.74) is 1.22. The van der Waals surface area contributed by atoms with Crippen LogP contribution in [0.3, 0.4) is 0 Å². The van der Waals surface area contributed by atoms with Crippen LogP contribution in [-0.2, 0) is 0 Å². The second kappa shape index (κ2) is 5.91. The first-order valence-corrected chi connectivity index (χ1v) is 7.45. The van der Waals surface area contributed by atoms with Crippen LogP contribution in [0.5, 0.6) is 0 Å². The zero-order valence-electron chi connectivity index (χ0n) is 12.4. The molecule has 22 heavy (non-hydrogen) atoms. The molecule has 1 N–H and O–H groups in total. The second-order valence-corrected chi connectivity index (χ2v) is 5.50. The maximum Gasteiger partial charge on any atom is 0.266 e. The van der Waals surface area contributed by atoms with Crippen LogP contribution in [0.2, 0.25) is 5.02 Å². The van der Waals surface area contributed by atoms with Gasteiger partial charge in [-0.25, -0.2) is 4.98 Å². The van der Waals surface area contributed by atoms with Crippen molar-refractivity contribution in [2.24, 2.45) is 0 Å². The highest BCUT2D eigenvalue weighted by Gasteiger charge is 2.17. The highest BCUT2D eigenvalue weighted by Crippen LogP contribution is 2.23. The molecular formula is C17H16ClN3O. The SMILES string of the molecule is CN[C@H](C)c1nc2ccccc2c(=O)n1-c1ccccc1Cl. The third-order valence-corrected chi connectivity index (χ3v) is 4.03.